The zero-order chi connectivity index (χ0) is 19.5. The molecule has 2 aromatic carbocycles. The molecule has 7 heteroatoms. The predicted molar refractivity (Wildman–Crippen MR) is 109 cm³/mol. The lowest BCUT2D eigenvalue weighted by atomic mass is 9.96. The molecule has 2 aliphatic rings. The predicted octanol–water partition coefficient (Wildman–Crippen LogP) is 4.13. The highest BCUT2D eigenvalue weighted by Crippen LogP contribution is 2.39. The van der Waals surface area contributed by atoms with E-state index in [1.165, 1.54) is 18.9 Å². The van der Waals surface area contributed by atoms with Crippen molar-refractivity contribution in [2.24, 2.45) is 0 Å². The van der Waals surface area contributed by atoms with Gasteiger partial charge in [0.15, 0.2) is 0 Å². The summed E-state index contributed by atoms with van der Waals surface area (Å²) in [4.78, 5) is 15.9. The molecule has 0 amide bonds. The van der Waals surface area contributed by atoms with Gasteiger partial charge in [-0.25, -0.2) is 0 Å². The van der Waals surface area contributed by atoms with Crippen LogP contribution in [0, 0.1) is 10.1 Å². The maximum Gasteiger partial charge on any atom is 0.270 e. The average molecular weight is 402 g/mol. The second kappa shape index (κ2) is 8.47. The third-order valence-corrected chi connectivity index (χ3v) is 5.84. The largest absolute Gasteiger partial charge is 0.492 e. The molecule has 1 fully saturated rings. The van der Waals surface area contributed by atoms with Crippen molar-refractivity contribution in [1.29, 1.82) is 0 Å². The van der Waals surface area contributed by atoms with E-state index in [2.05, 4.69) is 9.80 Å². The number of rotatable bonds is 5. The Morgan fingerprint density at radius 3 is 2.54 bits per heavy atom. The monoisotopic (exact) mass is 401 g/mol. The maximum atomic E-state index is 11.4. The van der Waals surface area contributed by atoms with Crippen LogP contribution in [0.15, 0.2) is 42.5 Å². The lowest BCUT2D eigenvalue weighted by Gasteiger charge is -2.31. The summed E-state index contributed by atoms with van der Waals surface area (Å²) in [6, 6.07) is 12.5. The summed E-state index contributed by atoms with van der Waals surface area (Å²) in [5.41, 5.74) is 2.00. The Balaban J connectivity index is 1.71. The van der Waals surface area contributed by atoms with Gasteiger partial charge < -0.3 is 9.64 Å². The number of benzene rings is 2. The van der Waals surface area contributed by atoms with Crippen LogP contribution in [0.4, 0.5) is 5.69 Å². The molecule has 2 aromatic rings. The van der Waals surface area contributed by atoms with Gasteiger partial charge in [-0.05, 0) is 49.7 Å². The van der Waals surface area contributed by atoms with E-state index in [9.17, 15) is 10.1 Å². The summed E-state index contributed by atoms with van der Waals surface area (Å²) in [6.07, 6.45) is 2.53. The molecule has 0 spiro atoms. The summed E-state index contributed by atoms with van der Waals surface area (Å²) in [7, 11) is 0. The first kappa shape index (κ1) is 19.2. The molecule has 0 aliphatic carbocycles. The highest BCUT2D eigenvalue weighted by molar-refractivity contribution is 6.30. The van der Waals surface area contributed by atoms with Crippen LogP contribution in [0.3, 0.4) is 0 Å². The number of hydrogen-bond acceptors (Lipinski definition) is 5. The van der Waals surface area contributed by atoms with E-state index >= 15 is 0 Å². The van der Waals surface area contributed by atoms with E-state index in [-0.39, 0.29) is 16.7 Å². The smallest absolute Gasteiger partial charge is 0.270 e. The normalized spacial score (nSPS) is 20.4. The van der Waals surface area contributed by atoms with Crippen LogP contribution in [0.2, 0.25) is 5.02 Å². The van der Waals surface area contributed by atoms with Crippen LogP contribution in [0.25, 0.3) is 0 Å². The molecule has 28 heavy (non-hydrogen) atoms. The quantitative estimate of drug-likeness (QED) is 0.557. The van der Waals surface area contributed by atoms with Gasteiger partial charge >= 0.3 is 0 Å². The Kier molecular flexibility index (Phi) is 5.80. The number of fused-ring (bicyclic) bond motifs is 1. The number of nitro benzene ring substituents is 1. The fraction of sp³-hybridized carbons (Fsp3) is 0.429. The number of likely N-dealkylation sites (tertiary alicyclic amines) is 1. The molecule has 0 N–H and O–H groups in total. The lowest BCUT2D eigenvalue weighted by Crippen LogP contribution is -2.37. The lowest BCUT2D eigenvalue weighted by molar-refractivity contribution is -0.385. The van der Waals surface area contributed by atoms with Crippen molar-refractivity contribution in [3.63, 3.8) is 0 Å². The molecule has 0 bridgehead atoms. The molecule has 1 unspecified atom stereocenters. The topological polar surface area (TPSA) is 58.9 Å². The Bertz CT molecular complexity index is 837. The standard InChI is InChI=1S/C21H24ClN3O3/c22-17-5-3-16(4-6-17)21-19-15-18(25(26)27)7-8-20(19)28-14-13-24(21)12-11-23-9-1-2-10-23/h3-8,15,21H,1-2,9-14H2. The van der Waals surface area contributed by atoms with Crippen molar-refractivity contribution >= 4 is 17.3 Å². The van der Waals surface area contributed by atoms with Crippen molar-refractivity contribution < 1.29 is 9.66 Å². The number of hydrogen-bond donors (Lipinski definition) is 0. The molecule has 6 nitrogen and oxygen atoms in total. The number of nitro groups is 1. The first-order valence-electron chi connectivity index (χ1n) is 9.75. The molecular weight excluding hydrogens is 378 g/mol. The van der Waals surface area contributed by atoms with Crippen molar-refractivity contribution in [3.8, 4) is 5.75 Å². The van der Waals surface area contributed by atoms with Gasteiger partial charge in [0.25, 0.3) is 5.69 Å². The van der Waals surface area contributed by atoms with Crippen LogP contribution in [-0.2, 0) is 0 Å². The summed E-state index contributed by atoms with van der Waals surface area (Å²) in [6.45, 7) is 5.52. The fourth-order valence-electron chi connectivity index (χ4n) is 4.15. The van der Waals surface area contributed by atoms with E-state index in [4.69, 9.17) is 16.3 Å². The van der Waals surface area contributed by atoms with Crippen LogP contribution in [0.1, 0.15) is 30.0 Å². The summed E-state index contributed by atoms with van der Waals surface area (Å²) in [5, 5.41) is 12.0. The molecule has 0 saturated carbocycles. The number of halogens is 1. The number of ether oxygens (including phenoxy) is 1. The number of non-ortho nitro benzene ring substituents is 1. The van der Waals surface area contributed by atoms with Crippen molar-refractivity contribution in [3.05, 3.63) is 68.7 Å². The summed E-state index contributed by atoms with van der Waals surface area (Å²) >= 11 is 6.10. The molecule has 1 atom stereocenters. The number of nitrogens with zero attached hydrogens (tertiary/aromatic N) is 3. The van der Waals surface area contributed by atoms with Crippen LogP contribution < -0.4 is 4.74 Å². The third-order valence-electron chi connectivity index (χ3n) is 5.59. The minimum absolute atomic E-state index is 0.0858. The molecule has 0 radical (unpaired) electrons. The second-order valence-electron chi connectivity index (χ2n) is 7.37. The minimum atomic E-state index is -0.349. The van der Waals surface area contributed by atoms with Gasteiger partial charge in [0.1, 0.15) is 12.4 Å². The van der Waals surface area contributed by atoms with Gasteiger partial charge in [0.05, 0.1) is 11.0 Å². The SMILES string of the molecule is O=[N+]([O-])c1ccc2c(c1)C(c1ccc(Cl)cc1)N(CCN1CCCC1)CCO2. The average Bonchev–Trinajstić information content (AvgIpc) is 3.14. The van der Waals surface area contributed by atoms with Crippen LogP contribution in [-0.4, -0.2) is 54.1 Å². The second-order valence-corrected chi connectivity index (χ2v) is 7.80. The molecule has 148 valence electrons. The Morgan fingerprint density at radius 2 is 1.82 bits per heavy atom. The molecular formula is C21H24ClN3O3. The molecule has 2 aliphatic heterocycles. The van der Waals surface area contributed by atoms with Crippen molar-refractivity contribution in [1.82, 2.24) is 9.80 Å². The van der Waals surface area contributed by atoms with Gasteiger partial charge in [-0.2, -0.15) is 0 Å². The van der Waals surface area contributed by atoms with Gasteiger partial charge in [-0.3, -0.25) is 15.0 Å². The van der Waals surface area contributed by atoms with Gasteiger partial charge in [0, 0.05) is 42.4 Å². The zero-order valence-corrected chi connectivity index (χ0v) is 16.5. The van der Waals surface area contributed by atoms with E-state index < -0.39 is 0 Å². The first-order chi connectivity index (χ1) is 13.6. The summed E-state index contributed by atoms with van der Waals surface area (Å²) < 4.78 is 5.96. The Labute approximate surface area is 169 Å². The molecule has 2 heterocycles. The first-order valence-corrected chi connectivity index (χ1v) is 10.1. The minimum Gasteiger partial charge on any atom is -0.492 e. The van der Waals surface area contributed by atoms with Gasteiger partial charge in [0.2, 0.25) is 0 Å². The van der Waals surface area contributed by atoms with Gasteiger partial charge in [-0.15, -0.1) is 0 Å². The van der Waals surface area contributed by atoms with E-state index in [0.717, 1.165) is 43.9 Å². The third kappa shape index (κ3) is 4.14. The van der Waals surface area contributed by atoms with E-state index in [1.807, 2.05) is 24.3 Å². The fourth-order valence-corrected chi connectivity index (χ4v) is 4.27. The molecule has 4 rings (SSSR count). The summed E-state index contributed by atoms with van der Waals surface area (Å²) in [5.74, 6) is 0.717. The highest BCUT2D eigenvalue weighted by atomic mass is 35.5. The van der Waals surface area contributed by atoms with Crippen LogP contribution in [0.5, 0.6) is 5.75 Å². The van der Waals surface area contributed by atoms with E-state index in [0.29, 0.717) is 17.4 Å². The molecule has 1 saturated heterocycles. The van der Waals surface area contributed by atoms with Crippen LogP contribution >= 0.6 is 11.6 Å². The van der Waals surface area contributed by atoms with Gasteiger partial charge in [-0.1, -0.05) is 23.7 Å². The zero-order valence-electron chi connectivity index (χ0n) is 15.7. The Morgan fingerprint density at radius 1 is 1.07 bits per heavy atom. The van der Waals surface area contributed by atoms with E-state index in [1.54, 1.807) is 12.1 Å². The maximum absolute atomic E-state index is 11.4. The van der Waals surface area contributed by atoms with Crippen molar-refractivity contribution in [2.75, 3.05) is 39.3 Å². The molecule has 0 aromatic heterocycles. The highest BCUT2D eigenvalue weighted by Gasteiger charge is 2.30. The Hall–Kier alpha value is -2.15. The van der Waals surface area contributed by atoms with Crippen molar-refractivity contribution in [2.45, 2.75) is 18.9 Å².